The second-order valence-corrected chi connectivity index (χ2v) is 5.66. The summed E-state index contributed by atoms with van der Waals surface area (Å²) >= 11 is 1.72. The quantitative estimate of drug-likeness (QED) is 0.789. The molecule has 1 aliphatic rings. The minimum absolute atomic E-state index is 0.0326. The van der Waals surface area contributed by atoms with Crippen molar-refractivity contribution in [3.63, 3.8) is 0 Å². The van der Waals surface area contributed by atoms with Gasteiger partial charge in [0.15, 0.2) is 0 Å². The van der Waals surface area contributed by atoms with E-state index in [9.17, 15) is 4.79 Å². The fraction of sp³-hybridized carbons (Fsp3) is 0.500. The Morgan fingerprint density at radius 2 is 2.38 bits per heavy atom. The van der Waals surface area contributed by atoms with Gasteiger partial charge in [-0.1, -0.05) is 13.0 Å². The Bertz CT molecular complexity index is 395. The monoisotopic (exact) mass is 236 g/mol. The van der Waals surface area contributed by atoms with Gasteiger partial charge in [0.05, 0.1) is 5.25 Å². The molecule has 16 heavy (non-hydrogen) atoms. The second-order valence-electron chi connectivity index (χ2n) is 4.04. The predicted molar refractivity (Wildman–Crippen MR) is 66.0 cm³/mol. The maximum atomic E-state index is 11.9. The zero-order valence-corrected chi connectivity index (χ0v) is 10.6. The van der Waals surface area contributed by atoms with Crippen LogP contribution in [-0.2, 0) is 9.67 Å². The number of carbonyl (C=O) groups excluding carboxylic acids is 1. The highest BCUT2D eigenvalue weighted by atomic mass is 32.2. The molecule has 1 aromatic rings. The molecule has 0 saturated carbocycles. The summed E-state index contributed by atoms with van der Waals surface area (Å²) in [5.41, 5.74) is 1.11. The Morgan fingerprint density at radius 3 is 2.81 bits per heavy atom. The van der Waals surface area contributed by atoms with Gasteiger partial charge in [-0.25, -0.2) is 0 Å². The molecule has 1 aliphatic heterocycles. The van der Waals surface area contributed by atoms with Crippen LogP contribution in [0.1, 0.15) is 25.8 Å². The van der Waals surface area contributed by atoms with Gasteiger partial charge in [0, 0.05) is 25.0 Å². The maximum Gasteiger partial charge on any atom is 0.236 e. The molecule has 2 atom stereocenters. The van der Waals surface area contributed by atoms with Crippen LogP contribution in [0.4, 0.5) is 0 Å². The van der Waals surface area contributed by atoms with Crippen molar-refractivity contribution in [3.05, 3.63) is 30.1 Å². The minimum Gasteiger partial charge on any atom is -0.326 e. The van der Waals surface area contributed by atoms with E-state index in [1.165, 1.54) is 0 Å². The van der Waals surface area contributed by atoms with Gasteiger partial charge in [-0.05, 0) is 19.4 Å². The molecule has 0 N–H and O–H groups in total. The standard InChI is InChI=1S/C12H16N2OS/c1-4-12(10-6-5-7-13-8-10)14(3)11(15)9(2)16-12/h5-9H,4H2,1-3H3. The molecule has 0 bridgehead atoms. The number of amides is 1. The molecular weight excluding hydrogens is 220 g/mol. The van der Waals surface area contributed by atoms with E-state index in [4.69, 9.17) is 0 Å². The molecule has 2 heterocycles. The number of thioether (sulfide) groups is 1. The lowest BCUT2D eigenvalue weighted by Crippen LogP contribution is -2.38. The highest BCUT2D eigenvalue weighted by Gasteiger charge is 2.48. The van der Waals surface area contributed by atoms with Crippen molar-refractivity contribution < 1.29 is 4.79 Å². The third-order valence-corrected chi connectivity index (χ3v) is 4.93. The van der Waals surface area contributed by atoms with Crippen LogP contribution in [0.5, 0.6) is 0 Å². The number of hydrogen-bond acceptors (Lipinski definition) is 3. The Morgan fingerprint density at radius 1 is 1.62 bits per heavy atom. The van der Waals surface area contributed by atoms with Gasteiger partial charge in [0.25, 0.3) is 0 Å². The molecule has 1 amide bonds. The molecule has 1 saturated heterocycles. The summed E-state index contributed by atoms with van der Waals surface area (Å²) in [6.45, 7) is 4.08. The van der Waals surface area contributed by atoms with Crippen molar-refractivity contribution in [3.8, 4) is 0 Å². The maximum absolute atomic E-state index is 11.9. The van der Waals surface area contributed by atoms with Crippen molar-refractivity contribution in [1.29, 1.82) is 0 Å². The van der Waals surface area contributed by atoms with Gasteiger partial charge in [-0.3, -0.25) is 9.78 Å². The van der Waals surface area contributed by atoms with E-state index in [-0.39, 0.29) is 16.0 Å². The van der Waals surface area contributed by atoms with E-state index < -0.39 is 0 Å². The van der Waals surface area contributed by atoms with Crippen molar-refractivity contribution in [2.24, 2.45) is 0 Å². The number of aromatic nitrogens is 1. The Kier molecular flexibility index (Phi) is 2.93. The fourth-order valence-electron chi connectivity index (χ4n) is 2.25. The van der Waals surface area contributed by atoms with Gasteiger partial charge in [0.1, 0.15) is 4.87 Å². The molecule has 0 spiro atoms. The summed E-state index contributed by atoms with van der Waals surface area (Å²) in [5, 5.41) is 0.0326. The van der Waals surface area contributed by atoms with Crippen LogP contribution in [0.15, 0.2) is 24.5 Å². The Hall–Kier alpha value is -1.03. The second kappa shape index (κ2) is 4.09. The lowest BCUT2D eigenvalue weighted by atomic mass is 10.0. The highest BCUT2D eigenvalue weighted by Crippen LogP contribution is 2.49. The number of pyridine rings is 1. The first-order chi connectivity index (χ1) is 7.62. The van der Waals surface area contributed by atoms with E-state index in [0.29, 0.717) is 0 Å². The number of carbonyl (C=O) groups is 1. The molecule has 86 valence electrons. The van der Waals surface area contributed by atoms with Crippen LogP contribution in [0.25, 0.3) is 0 Å². The van der Waals surface area contributed by atoms with Gasteiger partial charge < -0.3 is 4.90 Å². The fourth-order valence-corrected chi connectivity index (χ4v) is 3.77. The van der Waals surface area contributed by atoms with Crippen molar-refractivity contribution >= 4 is 17.7 Å². The topological polar surface area (TPSA) is 33.2 Å². The summed E-state index contributed by atoms with van der Waals surface area (Å²) in [6, 6.07) is 3.97. The number of rotatable bonds is 2. The lowest BCUT2D eigenvalue weighted by molar-refractivity contribution is -0.130. The zero-order chi connectivity index (χ0) is 11.8. The van der Waals surface area contributed by atoms with Gasteiger partial charge in [-0.2, -0.15) is 0 Å². The smallest absolute Gasteiger partial charge is 0.236 e. The third-order valence-electron chi connectivity index (χ3n) is 3.18. The summed E-state index contributed by atoms with van der Waals surface area (Å²) in [6.07, 6.45) is 4.52. The van der Waals surface area contributed by atoms with Gasteiger partial charge in [0.2, 0.25) is 5.91 Å². The molecule has 2 unspecified atom stereocenters. The predicted octanol–water partition coefficient (Wildman–Crippen LogP) is 2.24. The lowest BCUT2D eigenvalue weighted by Gasteiger charge is -2.34. The van der Waals surface area contributed by atoms with E-state index in [1.807, 2.05) is 37.2 Å². The highest BCUT2D eigenvalue weighted by molar-refractivity contribution is 8.01. The number of hydrogen-bond donors (Lipinski definition) is 0. The van der Waals surface area contributed by atoms with Crippen LogP contribution in [-0.4, -0.2) is 28.1 Å². The molecule has 4 heteroatoms. The average molecular weight is 236 g/mol. The van der Waals surface area contributed by atoms with Crippen LogP contribution in [0.2, 0.25) is 0 Å². The number of nitrogens with zero attached hydrogens (tertiary/aromatic N) is 2. The molecule has 0 aliphatic carbocycles. The van der Waals surface area contributed by atoms with Gasteiger partial charge >= 0.3 is 0 Å². The van der Waals surface area contributed by atoms with Crippen LogP contribution in [0.3, 0.4) is 0 Å². The molecule has 1 fully saturated rings. The Balaban J connectivity index is 2.46. The molecule has 2 rings (SSSR count). The van der Waals surface area contributed by atoms with Crippen molar-refractivity contribution in [2.75, 3.05) is 7.05 Å². The normalized spacial score (nSPS) is 29.8. The molecule has 3 nitrogen and oxygen atoms in total. The summed E-state index contributed by atoms with van der Waals surface area (Å²) < 4.78 is 0. The van der Waals surface area contributed by atoms with Crippen LogP contribution in [0, 0.1) is 0 Å². The largest absolute Gasteiger partial charge is 0.326 e. The SMILES string of the molecule is CCC1(c2cccnc2)SC(C)C(=O)N1C. The summed E-state index contributed by atoms with van der Waals surface area (Å²) in [7, 11) is 1.88. The third kappa shape index (κ3) is 1.52. The molecule has 0 radical (unpaired) electrons. The van der Waals surface area contributed by atoms with Crippen LogP contribution < -0.4 is 0 Å². The van der Waals surface area contributed by atoms with E-state index in [1.54, 1.807) is 18.0 Å². The summed E-state index contributed by atoms with van der Waals surface area (Å²) in [4.78, 5) is 17.7. The first kappa shape index (κ1) is 11.5. The zero-order valence-electron chi connectivity index (χ0n) is 9.80. The van der Waals surface area contributed by atoms with Crippen molar-refractivity contribution in [2.45, 2.75) is 30.4 Å². The van der Waals surface area contributed by atoms with E-state index in [0.717, 1.165) is 12.0 Å². The Labute approximate surface area is 100 Å². The minimum atomic E-state index is -0.231. The first-order valence-corrected chi connectivity index (χ1v) is 6.36. The molecule has 0 aromatic carbocycles. The first-order valence-electron chi connectivity index (χ1n) is 5.48. The van der Waals surface area contributed by atoms with Crippen molar-refractivity contribution in [1.82, 2.24) is 9.88 Å². The van der Waals surface area contributed by atoms with Crippen LogP contribution >= 0.6 is 11.8 Å². The van der Waals surface area contributed by atoms with E-state index in [2.05, 4.69) is 11.9 Å². The summed E-state index contributed by atoms with van der Waals surface area (Å²) in [5.74, 6) is 0.204. The molecular formula is C12H16N2OS. The van der Waals surface area contributed by atoms with Gasteiger partial charge in [-0.15, -0.1) is 11.8 Å². The average Bonchev–Trinajstić information content (AvgIpc) is 2.55. The molecule has 1 aromatic heterocycles. The van der Waals surface area contributed by atoms with E-state index >= 15 is 0 Å².